The Morgan fingerprint density at radius 2 is 1.83 bits per heavy atom. The molecular weight excluding hydrogens is 376 g/mol. The van der Waals surface area contributed by atoms with Crippen LogP contribution in [0.2, 0.25) is 0 Å². The third kappa shape index (κ3) is 4.66. The van der Waals surface area contributed by atoms with Crippen molar-refractivity contribution < 1.29 is 9.47 Å². The minimum atomic E-state index is -0.0449. The lowest BCUT2D eigenvalue weighted by Gasteiger charge is -2.24. The van der Waals surface area contributed by atoms with Gasteiger partial charge in [0.1, 0.15) is 0 Å². The summed E-state index contributed by atoms with van der Waals surface area (Å²) in [4.78, 5) is 4.85. The van der Waals surface area contributed by atoms with Crippen molar-refractivity contribution in [2.24, 2.45) is 16.1 Å². The summed E-state index contributed by atoms with van der Waals surface area (Å²) in [6, 6.07) is 20.5. The first-order valence-corrected chi connectivity index (χ1v) is 10.2. The average Bonchev–Trinajstić information content (AvgIpc) is 3.23. The number of hydrogen-bond donors (Lipinski definition) is 3. The van der Waals surface area contributed by atoms with Crippen molar-refractivity contribution in [1.82, 2.24) is 5.32 Å². The number of hydrogen-bond acceptors (Lipinski definition) is 4. The fraction of sp³-hybridized carbons (Fsp3) is 0.292. The Labute approximate surface area is 177 Å². The Bertz CT molecular complexity index is 1060. The zero-order valence-corrected chi connectivity index (χ0v) is 17.4. The lowest BCUT2D eigenvalue weighted by atomic mass is 9.94. The van der Waals surface area contributed by atoms with Crippen molar-refractivity contribution in [2.75, 3.05) is 25.2 Å². The topological polar surface area (TPSA) is 80.9 Å². The summed E-state index contributed by atoms with van der Waals surface area (Å²) < 4.78 is 10.9. The number of nitrogens with one attached hydrogen (secondary N) is 2. The van der Waals surface area contributed by atoms with E-state index in [4.69, 9.17) is 20.2 Å². The molecular formula is C24H28N4O2. The summed E-state index contributed by atoms with van der Waals surface area (Å²) in [5, 5.41) is 9.25. The van der Waals surface area contributed by atoms with Crippen LogP contribution in [0.25, 0.3) is 10.8 Å². The number of fused-ring (bicyclic) bond motifs is 2. The summed E-state index contributed by atoms with van der Waals surface area (Å²) in [7, 11) is 0. The Balaban J connectivity index is 1.57. The maximum atomic E-state index is 5.90. The molecule has 0 bridgehead atoms. The SMILES string of the molecule is CC(C)(CN)CNC(=NCc1cccc2ccccc12)Nc1ccc2c(c1)OCO2. The molecule has 156 valence electrons. The van der Waals surface area contributed by atoms with Gasteiger partial charge in [-0.05, 0) is 40.4 Å². The second-order valence-corrected chi connectivity index (χ2v) is 8.22. The van der Waals surface area contributed by atoms with Crippen LogP contribution in [0.5, 0.6) is 11.5 Å². The summed E-state index contributed by atoms with van der Waals surface area (Å²) in [5.74, 6) is 2.19. The van der Waals surface area contributed by atoms with E-state index in [-0.39, 0.29) is 12.2 Å². The molecule has 0 fully saturated rings. The molecule has 3 aromatic rings. The number of anilines is 1. The molecule has 0 spiro atoms. The maximum absolute atomic E-state index is 5.90. The summed E-state index contributed by atoms with van der Waals surface area (Å²) >= 11 is 0. The number of nitrogens with two attached hydrogens (primary N) is 1. The molecule has 30 heavy (non-hydrogen) atoms. The molecule has 0 aliphatic carbocycles. The molecule has 1 aliphatic heterocycles. The fourth-order valence-electron chi connectivity index (χ4n) is 3.24. The van der Waals surface area contributed by atoms with Gasteiger partial charge < -0.3 is 25.8 Å². The van der Waals surface area contributed by atoms with Gasteiger partial charge in [-0.15, -0.1) is 0 Å². The monoisotopic (exact) mass is 404 g/mol. The van der Waals surface area contributed by atoms with Crippen LogP contribution in [0.15, 0.2) is 65.7 Å². The van der Waals surface area contributed by atoms with Crippen molar-refractivity contribution >= 4 is 22.4 Å². The summed E-state index contributed by atoms with van der Waals surface area (Å²) in [6.07, 6.45) is 0. The predicted molar refractivity (Wildman–Crippen MR) is 122 cm³/mol. The standard InChI is InChI=1S/C24H28N4O2/c1-24(2,14-25)15-27-23(28-19-10-11-21-22(12-19)30-16-29-21)26-13-18-8-5-7-17-6-3-4-9-20(17)18/h3-12H,13-16,25H2,1-2H3,(H2,26,27,28). The van der Waals surface area contributed by atoms with Crippen LogP contribution in [0, 0.1) is 5.41 Å². The molecule has 1 heterocycles. The molecule has 6 heteroatoms. The second kappa shape index (κ2) is 8.63. The van der Waals surface area contributed by atoms with Crippen molar-refractivity contribution in [2.45, 2.75) is 20.4 Å². The van der Waals surface area contributed by atoms with E-state index in [0.717, 1.165) is 17.2 Å². The van der Waals surface area contributed by atoms with Crippen molar-refractivity contribution in [3.8, 4) is 11.5 Å². The highest BCUT2D eigenvalue weighted by Crippen LogP contribution is 2.34. The van der Waals surface area contributed by atoms with Gasteiger partial charge in [0.15, 0.2) is 17.5 Å². The van der Waals surface area contributed by atoms with Gasteiger partial charge in [-0.1, -0.05) is 56.3 Å². The second-order valence-electron chi connectivity index (χ2n) is 8.22. The first kappa shape index (κ1) is 20.0. The van der Waals surface area contributed by atoms with Crippen molar-refractivity contribution in [3.63, 3.8) is 0 Å². The van der Waals surface area contributed by atoms with Gasteiger partial charge >= 0.3 is 0 Å². The minimum absolute atomic E-state index is 0.0449. The van der Waals surface area contributed by atoms with Crippen LogP contribution < -0.4 is 25.8 Å². The molecule has 0 amide bonds. The number of benzene rings is 3. The average molecular weight is 405 g/mol. The van der Waals surface area contributed by atoms with E-state index in [1.165, 1.54) is 16.3 Å². The zero-order chi connectivity index (χ0) is 21.0. The van der Waals surface area contributed by atoms with Crippen LogP contribution in [-0.2, 0) is 6.54 Å². The number of nitrogens with zero attached hydrogens (tertiary/aromatic N) is 1. The Morgan fingerprint density at radius 3 is 2.70 bits per heavy atom. The highest BCUT2D eigenvalue weighted by atomic mass is 16.7. The van der Waals surface area contributed by atoms with Gasteiger partial charge in [-0.25, -0.2) is 4.99 Å². The normalized spacial score (nSPS) is 13.5. The van der Waals surface area contributed by atoms with E-state index >= 15 is 0 Å². The van der Waals surface area contributed by atoms with E-state index < -0.39 is 0 Å². The fourth-order valence-corrected chi connectivity index (χ4v) is 3.24. The summed E-state index contributed by atoms with van der Waals surface area (Å²) in [6.45, 7) is 6.36. The van der Waals surface area contributed by atoms with Crippen molar-refractivity contribution in [3.05, 3.63) is 66.2 Å². The first-order valence-electron chi connectivity index (χ1n) is 10.2. The molecule has 4 N–H and O–H groups in total. The number of ether oxygens (including phenoxy) is 2. The quantitative estimate of drug-likeness (QED) is 0.425. The van der Waals surface area contributed by atoms with Gasteiger partial charge in [-0.3, -0.25) is 0 Å². The van der Waals surface area contributed by atoms with Crippen LogP contribution in [0.4, 0.5) is 5.69 Å². The van der Waals surface area contributed by atoms with E-state index in [2.05, 4.69) is 66.9 Å². The van der Waals surface area contributed by atoms with Gasteiger partial charge in [0.05, 0.1) is 6.54 Å². The minimum Gasteiger partial charge on any atom is -0.454 e. The Morgan fingerprint density at radius 1 is 1.03 bits per heavy atom. The molecule has 0 aromatic heterocycles. The number of guanidine groups is 1. The maximum Gasteiger partial charge on any atom is 0.231 e. The molecule has 0 saturated heterocycles. The number of rotatable bonds is 6. The Kier molecular flexibility index (Phi) is 5.77. The van der Waals surface area contributed by atoms with Crippen LogP contribution >= 0.6 is 0 Å². The van der Waals surface area contributed by atoms with Gasteiger partial charge in [0.2, 0.25) is 6.79 Å². The van der Waals surface area contributed by atoms with Gasteiger partial charge in [0.25, 0.3) is 0 Å². The van der Waals surface area contributed by atoms with Crippen LogP contribution in [0.3, 0.4) is 0 Å². The molecule has 6 nitrogen and oxygen atoms in total. The molecule has 0 atom stereocenters. The van der Waals surface area contributed by atoms with Gasteiger partial charge in [-0.2, -0.15) is 0 Å². The summed E-state index contributed by atoms with van der Waals surface area (Å²) in [5.41, 5.74) is 7.92. The molecule has 4 rings (SSSR count). The highest BCUT2D eigenvalue weighted by Gasteiger charge is 2.17. The van der Waals surface area contributed by atoms with E-state index in [1.54, 1.807) is 0 Å². The lowest BCUT2D eigenvalue weighted by Crippen LogP contribution is -2.41. The molecule has 1 aliphatic rings. The third-order valence-electron chi connectivity index (χ3n) is 5.21. The first-order chi connectivity index (χ1) is 14.5. The van der Waals surface area contributed by atoms with E-state index in [1.807, 2.05) is 18.2 Å². The largest absolute Gasteiger partial charge is 0.454 e. The zero-order valence-electron chi connectivity index (χ0n) is 17.4. The van der Waals surface area contributed by atoms with E-state index in [0.29, 0.717) is 25.6 Å². The Hall–Kier alpha value is -3.25. The van der Waals surface area contributed by atoms with Crippen molar-refractivity contribution in [1.29, 1.82) is 0 Å². The smallest absolute Gasteiger partial charge is 0.231 e. The molecule has 0 unspecified atom stereocenters. The number of aliphatic imine (C=N–C) groups is 1. The van der Waals surface area contributed by atoms with Crippen LogP contribution in [-0.4, -0.2) is 25.8 Å². The molecule has 0 saturated carbocycles. The lowest BCUT2D eigenvalue weighted by molar-refractivity contribution is 0.174. The van der Waals surface area contributed by atoms with Gasteiger partial charge in [0, 0.05) is 18.3 Å². The highest BCUT2D eigenvalue weighted by molar-refractivity contribution is 5.94. The van der Waals surface area contributed by atoms with Crippen LogP contribution in [0.1, 0.15) is 19.4 Å². The molecule has 0 radical (unpaired) electrons. The molecule has 3 aromatic carbocycles. The predicted octanol–water partition coefficient (Wildman–Crippen LogP) is 4.11. The van der Waals surface area contributed by atoms with E-state index in [9.17, 15) is 0 Å². The third-order valence-corrected chi connectivity index (χ3v) is 5.21.